The number of nitrogens with zero attached hydrogens (tertiary/aromatic N) is 1. The average molecular weight is 244 g/mol. The zero-order valence-corrected chi connectivity index (χ0v) is 10.2. The molecule has 1 heterocycles. The summed E-state index contributed by atoms with van der Waals surface area (Å²) in [5.41, 5.74) is 1.12. The number of hydrogen-bond donors (Lipinski definition) is 0. The third-order valence-electron chi connectivity index (χ3n) is 2.68. The third-order valence-corrected chi connectivity index (χ3v) is 4.47. The van der Waals surface area contributed by atoms with Crippen LogP contribution in [0.5, 0.6) is 0 Å². The second kappa shape index (κ2) is 4.24. The van der Waals surface area contributed by atoms with E-state index in [4.69, 9.17) is 11.6 Å². The van der Waals surface area contributed by atoms with Crippen LogP contribution in [0.25, 0.3) is 0 Å². The van der Waals surface area contributed by atoms with Gasteiger partial charge < -0.3 is 0 Å². The fourth-order valence-electron chi connectivity index (χ4n) is 1.76. The van der Waals surface area contributed by atoms with Gasteiger partial charge in [-0.2, -0.15) is 0 Å². The molecule has 1 atom stereocenters. The molecule has 0 spiro atoms. The van der Waals surface area contributed by atoms with E-state index in [1.54, 1.807) is 0 Å². The molecule has 0 amide bonds. The van der Waals surface area contributed by atoms with Crippen LogP contribution in [0.15, 0.2) is 30.3 Å². The minimum atomic E-state index is -0.856. The second-order valence-corrected chi connectivity index (χ2v) is 6.20. The van der Waals surface area contributed by atoms with Gasteiger partial charge in [-0.1, -0.05) is 37.3 Å². The number of alkyl halides is 1. The summed E-state index contributed by atoms with van der Waals surface area (Å²) in [6, 6.07) is 10.0. The van der Waals surface area contributed by atoms with E-state index < -0.39 is 11.0 Å². The standard InChI is InChI=1S/C11H14ClNOS/c1-2-15(14)13-8-11(12,9-13)10-6-4-3-5-7-10/h3-7H,2,8-9H2,1H3. The molecule has 1 saturated heterocycles. The van der Waals surface area contributed by atoms with Crippen LogP contribution in [-0.4, -0.2) is 27.4 Å². The Balaban J connectivity index is 2.06. The van der Waals surface area contributed by atoms with Gasteiger partial charge in [0.15, 0.2) is 0 Å². The van der Waals surface area contributed by atoms with E-state index in [-0.39, 0.29) is 4.87 Å². The molecule has 0 aromatic heterocycles. The minimum Gasteiger partial charge on any atom is -0.243 e. The Hall–Kier alpha value is -0.380. The zero-order valence-electron chi connectivity index (χ0n) is 8.65. The lowest BCUT2D eigenvalue weighted by Crippen LogP contribution is -2.56. The first-order chi connectivity index (χ1) is 7.15. The molecule has 2 rings (SSSR count). The van der Waals surface area contributed by atoms with E-state index >= 15 is 0 Å². The lowest BCUT2D eigenvalue weighted by atomic mass is 9.93. The molecule has 2 nitrogen and oxygen atoms in total. The van der Waals surface area contributed by atoms with Crippen molar-refractivity contribution in [2.45, 2.75) is 11.8 Å². The largest absolute Gasteiger partial charge is 0.243 e. The number of benzene rings is 1. The van der Waals surface area contributed by atoms with Gasteiger partial charge in [-0.3, -0.25) is 0 Å². The number of hydrogen-bond acceptors (Lipinski definition) is 1. The highest BCUT2D eigenvalue weighted by Crippen LogP contribution is 2.39. The monoisotopic (exact) mass is 243 g/mol. The third kappa shape index (κ3) is 2.10. The van der Waals surface area contributed by atoms with E-state index in [2.05, 4.69) is 0 Å². The van der Waals surface area contributed by atoms with E-state index in [1.165, 1.54) is 0 Å². The first kappa shape index (κ1) is 11.1. The summed E-state index contributed by atoms with van der Waals surface area (Å²) in [6.45, 7) is 3.28. The SMILES string of the molecule is CCS(=O)N1CC(Cl)(c2ccccc2)C1. The quantitative estimate of drug-likeness (QED) is 0.745. The summed E-state index contributed by atoms with van der Waals surface area (Å²) < 4.78 is 13.4. The van der Waals surface area contributed by atoms with Crippen molar-refractivity contribution in [2.24, 2.45) is 0 Å². The van der Waals surface area contributed by atoms with Gasteiger partial charge in [0.25, 0.3) is 0 Å². The van der Waals surface area contributed by atoms with Crippen molar-refractivity contribution < 1.29 is 4.21 Å². The Morgan fingerprint density at radius 3 is 2.53 bits per heavy atom. The molecule has 1 aliphatic heterocycles. The first-order valence-corrected chi connectivity index (χ1v) is 6.69. The molecule has 4 heteroatoms. The van der Waals surface area contributed by atoms with Crippen LogP contribution < -0.4 is 0 Å². The van der Waals surface area contributed by atoms with E-state index in [1.807, 2.05) is 41.6 Å². The summed E-state index contributed by atoms with van der Waals surface area (Å²) in [6.07, 6.45) is 0. The van der Waals surface area contributed by atoms with Gasteiger partial charge in [-0.15, -0.1) is 11.6 Å². The van der Waals surface area contributed by atoms with Gasteiger partial charge in [0, 0.05) is 18.8 Å². The Morgan fingerprint density at radius 2 is 2.00 bits per heavy atom. The van der Waals surface area contributed by atoms with Gasteiger partial charge in [0.1, 0.15) is 0 Å². The summed E-state index contributed by atoms with van der Waals surface area (Å²) >= 11 is 6.45. The van der Waals surface area contributed by atoms with E-state index in [0.717, 1.165) is 5.56 Å². The molecule has 15 heavy (non-hydrogen) atoms. The molecule has 0 N–H and O–H groups in total. The second-order valence-electron chi connectivity index (χ2n) is 3.74. The predicted octanol–water partition coefficient (Wildman–Crippen LogP) is 2.12. The molecule has 0 aliphatic carbocycles. The summed E-state index contributed by atoms with van der Waals surface area (Å²) in [5, 5.41) is 0. The van der Waals surface area contributed by atoms with Crippen LogP contribution >= 0.6 is 11.6 Å². The van der Waals surface area contributed by atoms with Crippen molar-refractivity contribution in [1.29, 1.82) is 0 Å². The van der Waals surface area contributed by atoms with Crippen LogP contribution in [0, 0.1) is 0 Å². The topological polar surface area (TPSA) is 20.3 Å². The first-order valence-electron chi connectivity index (χ1n) is 5.03. The van der Waals surface area contributed by atoms with Crippen LogP contribution in [0.1, 0.15) is 12.5 Å². The fraction of sp³-hybridized carbons (Fsp3) is 0.455. The highest BCUT2D eigenvalue weighted by Gasteiger charge is 2.44. The van der Waals surface area contributed by atoms with Crippen LogP contribution in [0.2, 0.25) is 0 Å². The predicted molar refractivity (Wildman–Crippen MR) is 64.2 cm³/mol. The van der Waals surface area contributed by atoms with Crippen molar-refractivity contribution in [1.82, 2.24) is 4.31 Å². The number of rotatable bonds is 3. The van der Waals surface area contributed by atoms with Gasteiger partial charge in [-0.05, 0) is 5.56 Å². The van der Waals surface area contributed by atoms with Crippen molar-refractivity contribution in [2.75, 3.05) is 18.8 Å². The molecule has 0 radical (unpaired) electrons. The van der Waals surface area contributed by atoms with E-state index in [9.17, 15) is 4.21 Å². The van der Waals surface area contributed by atoms with Crippen molar-refractivity contribution in [3.05, 3.63) is 35.9 Å². The van der Waals surface area contributed by atoms with E-state index in [0.29, 0.717) is 18.8 Å². The molecule has 1 unspecified atom stereocenters. The van der Waals surface area contributed by atoms with Crippen LogP contribution in [-0.2, 0) is 15.9 Å². The van der Waals surface area contributed by atoms with Gasteiger partial charge in [0.2, 0.25) is 0 Å². The van der Waals surface area contributed by atoms with Gasteiger partial charge in [-0.25, -0.2) is 8.51 Å². The molecular weight excluding hydrogens is 230 g/mol. The fourth-order valence-corrected chi connectivity index (χ4v) is 3.41. The Kier molecular flexibility index (Phi) is 3.14. The van der Waals surface area contributed by atoms with Gasteiger partial charge >= 0.3 is 0 Å². The Labute approximate surface area is 97.8 Å². The summed E-state index contributed by atoms with van der Waals surface area (Å²) in [5.74, 6) is 0.668. The maximum Gasteiger partial charge on any atom is 0.0968 e. The molecule has 1 aromatic carbocycles. The van der Waals surface area contributed by atoms with Crippen LogP contribution in [0.3, 0.4) is 0 Å². The maximum atomic E-state index is 11.5. The molecular formula is C11H14ClNOS. The van der Waals surface area contributed by atoms with Crippen LogP contribution in [0.4, 0.5) is 0 Å². The smallest absolute Gasteiger partial charge is 0.0968 e. The normalized spacial score (nSPS) is 22.0. The van der Waals surface area contributed by atoms with Crippen molar-refractivity contribution >= 4 is 22.6 Å². The molecule has 1 aromatic rings. The lowest BCUT2D eigenvalue weighted by Gasteiger charge is -2.45. The maximum absolute atomic E-state index is 11.5. The molecule has 1 aliphatic rings. The molecule has 1 fully saturated rings. The molecule has 0 saturated carbocycles. The minimum absolute atomic E-state index is 0.327. The average Bonchev–Trinajstić information content (AvgIpc) is 2.25. The van der Waals surface area contributed by atoms with Crippen molar-refractivity contribution in [3.63, 3.8) is 0 Å². The summed E-state index contributed by atoms with van der Waals surface area (Å²) in [4.78, 5) is -0.327. The molecule has 82 valence electrons. The number of halogens is 1. The highest BCUT2D eigenvalue weighted by molar-refractivity contribution is 7.82. The van der Waals surface area contributed by atoms with Crippen molar-refractivity contribution in [3.8, 4) is 0 Å². The molecule has 0 bridgehead atoms. The Morgan fingerprint density at radius 1 is 1.40 bits per heavy atom. The lowest BCUT2D eigenvalue weighted by molar-refractivity contribution is 0.241. The van der Waals surface area contributed by atoms with Gasteiger partial charge in [0.05, 0.1) is 15.9 Å². The summed E-state index contributed by atoms with van der Waals surface area (Å²) in [7, 11) is -0.856. The Bertz CT molecular complexity index is 362. The zero-order chi connectivity index (χ0) is 10.9. The highest BCUT2D eigenvalue weighted by atomic mass is 35.5.